The smallest absolute Gasteiger partial charge is 0.322 e. The van der Waals surface area contributed by atoms with Crippen LogP contribution < -0.4 is 10.7 Å². The van der Waals surface area contributed by atoms with Crippen molar-refractivity contribution in [1.82, 2.24) is 20.7 Å². The van der Waals surface area contributed by atoms with Crippen LogP contribution in [0.2, 0.25) is 0 Å². The number of amides is 4. The Morgan fingerprint density at radius 3 is 2.58 bits per heavy atom. The summed E-state index contributed by atoms with van der Waals surface area (Å²) in [6.07, 6.45) is 5.27. The molecule has 172 valence electrons. The predicted octanol–water partition coefficient (Wildman–Crippen LogP) is 3.11. The highest BCUT2D eigenvalue weighted by Crippen LogP contribution is 2.41. The van der Waals surface area contributed by atoms with Crippen molar-refractivity contribution in [1.29, 1.82) is 0 Å². The second-order valence-electron chi connectivity index (χ2n) is 9.58. The summed E-state index contributed by atoms with van der Waals surface area (Å²) in [4.78, 5) is 40.8. The molecule has 33 heavy (non-hydrogen) atoms. The first-order valence-electron chi connectivity index (χ1n) is 11.8. The number of aryl methyl sites for hydroxylation is 2. The summed E-state index contributed by atoms with van der Waals surface area (Å²) in [6.45, 7) is 1.88. The molecule has 2 aromatic carbocycles. The van der Waals surface area contributed by atoms with Gasteiger partial charge in [-0.3, -0.25) is 19.9 Å². The Bertz CT molecular complexity index is 1070. The third kappa shape index (κ3) is 4.37. The van der Waals surface area contributed by atoms with Gasteiger partial charge in [-0.15, -0.1) is 0 Å². The fraction of sp³-hybridized carbons (Fsp3) is 0.423. The summed E-state index contributed by atoms with van der Waals surface area (Å²) in [5, 5.41) is 3.63. The number of hydrogen-bond acceptors (Lipinski definition) is 4. The Hall–Kier alpha value is -3.19. The number of hydrogen-bond donors (Lipinski definition) is 2. The maximum absolute atomic E-state index is 13.1. The molecule has 1 heterocycles. The second-order valence-corrected chi connectivity index (χ2v) is 9.58. The predicted molar refractivity (Wildman–Crippen MR) is 124 cm³/mol. The number of benzene rings is 2. The third-order valence-electron chi connectivity index (χ3n) is 7.10. The lowest BCUT2D eigenvalue weighted by Crippen LogP contribution is -2.51. The first-order valence-corrected chi connectivity index (χ1v) is 11.8. The monoisotopic (exact) mass is 446 g/mol. The van der Waals surface area contributed by atoms with Crippen molar-refractivity contribution in [3.05, 3.63) is 71.3 Å². The summed E-state index contributed by atoms with van der Waals surface area (Å²) in [5.41, 5.74) is 5.28. The second kappa shape index (κ2) is 8.63. The molecule has 0 spiro atoms. The van der Waals surface area contributed by atoms with E-state index in [1.807, 2.05) is 36.4 Å². The number of nitrogens with zero attached hydrogens (tertiary/aromatic N) is 2. The molecule has 0 radical (unpaired) electrons. The molecule has 2 atom stereocenters. The van der Waals surface area contributed by atoms with Gasteiger partial charge in [-0.2, -0.15) is 5.01 Å². The highest BCUT2D eigenvalue weighted by molar-refractivity contribution is 6.07. The fourth-order valence-corrected chi connectivity index (χ4v) is 5.10. The van der Waals surface area contributed by atoms with Crippen LogP contribution in [0.5, 0.6) is 0 Å². The number of hydrazine groups is 1. The van der Waals surface area contributed by atoms with Crippen molar-refractivity contribution in [3.63, 3.8) is 0 Å². The van der Waals surface area contributed by atoms with E-state index in [0.29, 0.717) is 18.9 Å². The van der Waals surface area contributed by atoms with E-state index in [1.54, 1.807) is 6.92 Å². The Labute approximate surface area is 194 Å². The van der Waals surface area contributed by atoms with Crippen molar-refractivity contribution in [2.45, 2.75) is 63.1 Å². The molecular formula is C26H30N4O3. The van der Waals surface area contributed by atoms with Crippen molar-refractivity contribution >= 4 is 17.8 Å². The van der Waals surface area contributed by atoms with Crippen molar-refractivity contribution in [2.24, 2.45) is 0 Å². The topological polar surface area (TPSA) is 81.8 Å². The van der Waals surface area contributed by atoms with E-state index < -0.39 is 17.5 Å². The first kappa shape index (κ1) is 21.6. The number of imide groups is 1. The van der Waals surface area contributed by atoms with Crippen LogP contribution in [0.15, 0.2) is 54.6 Å². The first-order chi connectivity index (χ1) is 15.9. The van der Waals surface area contributed by atoms with Gasteiger partial charge >= 0.3 is 6.03 Å². The number of carbonyl (C=O) groups is 3. The van der Waals surface area contributed by atoms with Crippen LogP contribution in [-0.2, 0) is 22.4 Å². The zero-order valence-electron chi connectivity index (χ0n) is 18.9. The molecule has 5 rings (SSSR count). The summed E-state index contributed by atoms with van der Waals surface area (Å²) in [6, 6.07) is 18.3. The van der Waals surface area contributed by atoms with Gasteiger partial charge in [0, 0.05) is 12.1 Å². The molecule has 2 fully saturated rings. The summed E-state index contributed by atoms with van der Waals surface area (Å²) < 4.78 is 0. The standard InChI is InChI=1S/C26H30N4O3/c1-26(16-15-18-7-3-2-4-8-18)24(32)30(25(33)27-26)28-23(31)17-29(20-12-13-20)22-14-11-19-9-5-6-10-21(19)22/h2-10,20,22H,11-17H2,1H3,(H,27,33)(H,28,31). The average Bonchev–Trinajstić information content (AvgIpc) is 3.54. The maximum Gasteiger partial charge on any atom is 0.344 e. The maximum atomic E-state index is 13.1. The molecule has 7 nitrogen and oxygen atoms in total. The zero-order chi connectivity index (χ0) is 23.0. The van der Waals surface area contributed by atoms with Crippen LogP contribution in [0, 0.1) is 0 Å². The molecule has 1 saturated carbocycles. The van der Waals surface area contributed by atoms with E-state index in [1.165, 1.54) is 11.1 Å². The lowest BCUT2D eigenvalue weighted by atomic mass is 9.93. The summed E-state index contributed by atoms with van der Waals surface area (Å²) in [7, 11) is 0. The number of urea groups is 1. The minimum absolute atomic E-state index is 0.168. The van der Waals surface area contributed by atoms with Crippen molar-refractivity contribution in [3.8, 4) is 0 Å². The minimum Gasteiger partial charge on any atom is -0.322 e. The van der Waals surface area contributed by atoms with Crippen molar-refractivity contribution < 1.29 is 14.4 Å². The van der Waals surface area contributed by atoms with Gasteiger partial charge in [-0.1, -0.05) is 54.6 Å². The molecule has 4 amide bonds. The normalized spacial score (nSPS) is 24.2. The number of carbonyl (C=O) groups excluding carboxylic acids is 3. The molecule has 1 saturated heterocycles. The quantitative estimate of drug-likeness (QED) is 0.611. The highest BCUT2D eigenvalue weighted by Gasteiger charge is 2.48. The summed E-state index contributed by atoms with van der Waals surface area (Å²) >= 11 is 0. The van der Waals surface area contributed by atoms with Gasteiger partial charge in [0.25, 0.3) is 11.8 Å². The molecule has 2 aliphatic carbocycles. The SMILES string of the molecule is CC1(CCc2ccccc2)NC(=O)N(NC(=O)CN(C2CC2)C2CCc3ccccc32)C1=O. The van der Waals surface area contributed by atoms with Gasteiger partial charge in [-0.05, 0) is 62.1 Å². The van der Waals surface area contributed by atoms with E-state index in [0.717, 1.165) is 36.3 Å². The van der Waals surface area contributed by atoms with Crippen LogP contribution >= 0.6 is 0 Å². The fourth-order valence-electron chi connectivity index (χ4n) is 5.10. The zero-order valence-corrected chi connectivity index (χ0v) is 18.9. The third-order valence-corrected chi connectivity index (χ3v) is 7.10. The van der Waals surface area contributed by atoms with Crippen LogP contribution in [0.3, 0.4) is 0 Å². The van der Waals surface area contributed by atoms with Gasteiger partial charge in [0.2, 0.25) is 0 Å². The van der Waals surface area contributed by atoms with Crippen LogP contribution in [0.1, 0.15) is 55.3 Å². The van der Waals surface area contributed by atoms with Crippen LogP contribution in [0.4, 0.5) is 4.79 Å². The number of fused-ring (bicyclic) bond motifs is 1. The van der Waals surface area contributed by atoms with E-state index in [9.17, 15) is 14.4 Å². The van der Waals surface area contributed by atoms with Gasteiger partial charge in [0.15, 0.2) is 0 Å². The number of rotatable bonds is 8. The largest absolute Gasteiger partial charge is 0.344 e. The Morgan fingerprint density at radius 2 is 1.82 bits per heavy atom. The summed E-state index contributed by atoms with van der Waals surface area (Å²) in [5.74, 6) is -0.747. The minimum atomic E-state index is -1.04. The number of nitrogens with one attached hydrogen (secondary N) is 2. The average molecular weight is 447 g/mol. The van der Waals surface area contributed by atoms with E-state index in [2.05, 4.69) is 33.8 Å². The Balaban J connectivity index is 1.23. The van der Waals surface area contributed by atoms with Gasteiger partial charge in [0.05, 0.1) is 6.54 Å². The van der Waals surface area contributed by atoms with Crippen molar-refractivity contribution in [2.75, 3.05) is 6.54 Å². The molecule has 2 N–H and O–H groups in total. The molecule has 0 aromatic heterocycles. The van der Waals surface area contributed by atoms with Gasteiger partial charge in [0.1, 0.15) is 5.54 Å². The molecular weight excluding hydrogens is 416 g/mol. The van der Waals surface area contributed by atoms with E-state index >= 15 is 0 Å². The van der Waals surface area contributed by atoms with E-state index in [-0.39, 0.29) is 18.5 Å². The van der Waals surface area contributed by atoms with Gasteiger partial charge < -0.3 is 5.32 Å². The van der Waals surface area contributed by atoms with Gasteiger partial charge in [-0.25, -0.2) is 4.79 Å². The molecule has 2 unspecified atom stereocenters. The lowest BCUT2D eigenvalue weighted by Gasteiger charge is -2.29. The Morgan fingerprint density at radius 1 is 1.09 bits per heavy atom. The molecule has 7 heteroatoms. The van der Waals surface area contributed by atoms with E-state index in [4.69, 9.17) is 0 Å². The molecule has 1 aliphatic heterocycles. The van der Waals surface area contributed by atoms with Crippen LogP contribution in [0.25, 0.3) is 0 Å². The molecule has 2 aromatic rings. The molecule has 0 bridgehead atoms. The molecule has 3 aliphatic rings. The van der Waals surface area contributed by atoms with Crippen LogP contribution in [-0.4, -0.2) is 45.9 Å². The Kier molecular flexibility index (Phi) is 5.66. The highest BCUT2D eigenvalue weighted by atomic mass is 16.2. The lowest BCUT2D eigenvalue weighted by molar-refractivity contribution is -0.139.